The maximum absolute atomic E-state index is 12.6. The Morgan fingerprint density at radius 1 is 1.17 bits per heavy atom. The van der Waals surface area contributed by atoms with Crippen molar-refractivity contribution in [2.45, 2.75) is 25.7 Å². The van der Waals surface area contributed by atoms with Gasteiger partial charge in [-0.2, -0.15) is 0 Å². The molecule has 2 aromatic carbocycles. The number of hydrogen-bond donors (Lipinski definition) is 0. The number of methoxy groups -OCH3 is 1. The third-order valence-electron chi connectivity index (χ3n) is 3.63. The van der Waals surface area contributed by atoms with Crippen LogP contribution in [0.1, 0.15) is 31.2 Å². The molecule has 2 aromatic rings. The van der Waals surface area contributed by atoms with E-state index in [1.54, 1.807) is 0 Å². The highest BCUT2D eigenvalue weighted by molar-refractivity contribution is 5.81. The molecule has 0 amide bonds. The lowest BCUT2D eigenvalue weighted by atomic mass is 9.95. The molecule has 0 saturated carbocycles. The van der Waals surface area contributed by atoms with Crippen LogP contribution in [0.4, 0.5) is 5.69 Å². The van der Waals surface area contributed by atoms with Crippen molar-refractivity contribution < 1.29 is 19.2 Å². The topological polar surface area (TPSA) is 78.7 Å². The van der Waals surface area contributed by atoms with Gasteiger partial charge in [0.05, 0.1) is 24.0 Å². The maximum atomic E-state index is 12.6. The minimum absolute atomic E-state index is 0.0498. The van der Waals surface area contributed by atoms with Crippen LogP contribution in [0.2, 0.25) is 0 Å². The van der Waals surface area contributed by atoms with Gasteiger partial charge in [0.2, 0.25) is 0 Å². The van der Waals surface area contributed by atoms with Gasteiger partial charge >= 0.3 is 5.97 Å². The molecule has 0 fully saturated rings. The molecule has 0 spiro atoms. The first-order valence-corrected chi connectivity index (χ1v) is 7.65. The Balaban J connectivity index is 2.29. The summed E-state index contributed by atoms with van der Waals surface area (Å²) in [5, 5.41) is 10.9. The van der Waals surface area contributed by atoms with Crippen LogP contribution in [0.25, 0.3) is 0 Å². The van der Waals surface area contributed by atoms with Gasteiger partial charge in [0.25, 0.3) is 5.69 Å². The van der Waals surface area contributed by atoms with Gasteiger partial charge in [0.15, 0.2) is 11.5 Å². The first-order chi connectivity index (χ1) is 11.6. The number of rotatable bonds is 7. The fraction of sp³-hybridized carbons (Fsp3) is 0.278. The maximum Gasteiger partial charge on any atom is 0.318 e. The normalized spacial score (nSPS) is 11.6. The Hall–Kier alpha value is -2.89. The molecule has 6 heteroatoms. The van der Waals surface area contributed by atoms with E-state index >= 15 is 0 Å². The summed E-state index contributed by atoms with van der Waals surface area (Å²) in [4.78, 5) is 23.0. The molecule has 0 aliphatic heterocycles. The van der Waals surface area contributed by atoms with E-state index < -0.39 is 16.8 Å². The van der Waals surface area contributed by atoms with Crippen molar-refractivity contribution in [2.75, 3.05) is 7.11 Å². The number of benzene rings is 2. The highest BCUT2D eigenvalue weighted by atomic mass is 16.6. The van der Waals surface area contributed by atoms with Crippen molar-refractivity contribution in [2.24, 2.45) is 0 Å². The van der Waals surface area contributed by atoms with Gasteiger partial charge in [0, 0.05) is 6.07 Å². The van der Waals surface area contributed by atoms with E-state index in [2.05, 4.69) is 0 Å². The first kappa shape index (κ1) is 17.5. The predicted octanol–water partition coefficient (Wildman–Crippen LogP) is 4.09. The van der Waals surface area contributed by atoms with Crippen LogP contribution in [0.3, 0.4) is 0 Å². The molecule has 126 valence electrons. The minimum Gasteiger partial charge on any atom is -0.493 e. The molecule has 0 radical (unpaired) electrons. The summed E-state index contributed by atoms with van der Waals surface area (Å²) < 4.78 is 10.6. The zero-order valence-electron chi connectivity index (χ0n) is 13.6. The summed E-state index contributed by atoms with van der Waals surface area (Å²) in [6.45, 7) is 1.98. The standard InChI is InChI=1S/C18H19NO5/c1-3-7-15(13-8-5-4-6-9-13)18(20)24-17-12-14(19(21)22)10-11-16(17)23-2/h4-6,8-12,15H,3,7H2,1-2H3. The first-order valence-electron chi connectivity index (χ1n) is 7.65. The van der Waals surface area contributed by atoms with E-state index in [-0.39, 0.29) is 17.2 Å². The van der Waals surface area contributed by atoms with E-state index in [9.17, 15) is 14.9 Å². The molecule has 1 unspecified atom stereocenters. The highest BCUT2D eigenvalue weighted by Gasteiger charge is 2.24. The number of carbonyl (C=O) groups excluding carboxylic acids is 1. The molecule has 6 nitrogen and oxygen atoms in total. The second-order valence-electron chi connectivity index (χ2n) is 5.27. The largest absolute Gasteiger partial charge is 0.493 e. The second-order valence-corrected chi connectivity index (χ2v) is 5.27. The Bertz CT molecular complexity index is 715. The average Bonchev–Trinajstić information content (AvgIpc) is 2.60. The van der Waals surface area contributed by atoms with Crippen LogP contribution in [-0.4, -0.2) is 18.0 Å². The molecule has 0 aromatic heterocycles. The summed E-state index contributed by atoms with van der Waals surface area (Å²) in [5.41, 5.74) is 0.694. The predicted molar refractivity (Wildman–Crippen MR) is 89.4 cm³/mol. The number of esters is 1. The van der Waals surface area contributed by atoms with Crippen LogP contribution in [0.15, 0.2) is 48.5 Å². The Morgan fingerprint density at radius 2 is 1.88 bits per heavy atom. The Labute approximate surface area is 140 Å². The van der Waals surface area contributed by atoms with Crippen LogP contribution < -0.4 is 9.47 Å². The third kappa shape index (κ3) is 4.10. The number of hydrogen-bond acceptors (Lipinski definition) is 5. The van der Waals surface area contributed by atoms with Gasteiger partial charge in [0.1, 0.15) is 0 Å². The molecule has 2 rings (SSSR count). The Morgan fingerprint density at radius 3 is 2.46 bits per heavy atom. The van der Waals surface area contributed by atoms with Gasteiger partial charge in [-0.25, -0.2) is 0 Å². The molecule has 0 N–H and O–H groups in total. The van der Waals surface area contributed by atoms with Crippen molar-refractivity contribution in [3.8, 4) is 11.5 Å². The zero-order valence-corrected chi connectivity index (χ0v) is 13.6. The molecule has 0 heterocycles. The molecule has 0 saturated heterocycles. The fourth-order valence-electron chi connectivity index (χ4n) is 2.43. The average molecular weight is 329 g/mol. The van der Waals surface area contributed by atoms with Crippen molar-refractivity contribution in [3.05, 3.63) is 64.2 Å². The van der Waals surface area contributed by atoms with Crippen LogP contribution in [-0.2, 0) is 4.79 Å². The Kier molecular flexibility index (Phi) is 5.89. The van der Waals surface area contributed by atoms with Gasteiger partial charge in [-0.05, 0) is 18.1 Å². The zero-order chi connectivity index (χ0) is 17.5. The molecular weight excluding hydrogens is 310 g/mol. The number of ether oxygens (including phenoxy) is 2. The number of nitro groups is 1. The van der Waals surface area contributed by atoms with E-state index in [1.165, 1.54) is 25.3 Å². The third-order valence-corrected chi connectivity index (χ3v) is 3.63. The molecule has 0 aliphatic rings. The van der Waals surface area contributed by atoms with E-state index in [0.29, 0.717) is 6.42 Å². The summed E-state index contributed by atoms with van der Waals surface area (Å²) in [7, 11) is 1.42. The summed E-state index contributed by atoms with van der Waals surface area (Å²) >= 11 is 0. The lowest BCUT2D eigenvalue weighted by Crippen LogP contribution is -2.19. The monoisotopic (exact) mass is 329 g/mol. The van der Waals surface area contributed by atoms with Gasteiger partial charge in [-0.15, -0.1) is 0 Å². The van der Waals surface area contributed by atoms with Gasteiger partial charge in [-0.1, -0.05) is 43.7 Å². The number of nitrogens with zero attached hydrogens (tertiary/aromatic N) is 1. The van der Waals surface area contributed by atoms with Crippen LogP contribution in [0.5, 0.6) is 11.5 Å². The quantitative estimate of drug-likeness (QED) is 0.331. The van der Waals surface area contributed by atoms with Crippen molar-refractivity contribution >= 4 is 11.7 Å². The lowest BCUT2D eigenvalue weighted by molar-refractivity contribution is -0.384. The van der Waals surface area contributed by atoms with Crippen LogP contribution >= 0.6 is 0 Å². The van der Waals surface area contributed by atoms with Gasteiger partial charge in [-0.3, -0.25) is 14.9 Å². The molecule has 0 bridgehead atoms. The molecule has 0 aliphatic carbocycles. The number of nitro benzene ring substituents is 1. The van der Waals surface area contributed by atoms with E-state index in [4.69, 9.17) is 9.47 Å². The molecule has 1 atom stereocenters. The van der Waals surface area contributed by atoms with E-state index in [0.717, 1.165) is 12.0 Å². The summed E-state index contributed by atoms with van der Waals surface area (Å²) in [6.07, 6.45) is 1.43. The second kappa shape index (κ2) is 8.10. The highest BCUT2D eigenvalue weighted by Crippen LogP contribution is 2.33. The van der Waals surface area contributed by atoms with Crippen molar-refractivity contribution in [1.29, 1.82) is 0 Å². The smallest absolute Gasteiger partial charge is 0.318 e. The SMILES string of the molecule is CCCC(C(=O)Oc1cc([N+](=O)[O-])ccc1OC)c1ccccc1. The van der Waals surface area contributed by atoms with E-state index in [1.807, 2.05) is 37.3 Å². The fourth-order valence-corrected chi connectivity index (χ4v) is 2.43. The minimum atomic E-state index is -0.544. The summed E-state index contributed by atoms with van der Waals surface area (Å²) in [6, 6.07) is 13.2. The molecular formula is C18H19NO5. The van der Waals surface area contributed by atoms with Crippen molar-refractivity contribution in [3.63, 3.8) is 0 Å². The van der Waals surface area contributed by atoms with Gasteiger partial charge < -0.3 is 9.47 Å². The number of carbonyl (C=O) groups is 1. The number of non-ortho nitro benzene ring substituents is 1. The molecule has 24 heavy (non-hydrogen) atoms. The summed E-state index contributed by atoms with van der Waals surface area (Å²) in [5.74, 6) is -0.562. The lowest BCUT2D eigenvalue weighted by Gasteiger charge is -2.16. The van der Waals surface area contributed by atoms with Crippen molar-refractivity contribution in [1.82, 2.24) is 0 Å². The van der Waals surface area contributed by atoms with Crippen LogP contribution in [0, 0.1) is 10.1 Å².